The number of unbranched alkanes of at least 4 members (excludes halogenated alkanes) is 1. The fourth-order valence-corrected chi connectivity index (χ4v) is 1.42. The highest BCUT2D eigenvalue weighted by atomic mass is 19.1. The zero-order chi connectivity index (χ0) is 13.6. The van der Waals surface area contributed by atoms with Gasteiger partial charge in [-0.05, 0) is 38.3 Å². The summed E-state index contributed by atoms with van der Waals surface area (Å²) < 4.78 is 31.0. The number of hydrogen-bond donors (Lipinski definition) is 1. The van der Waals surface area contributed by atoms with Crippen molar-refractivity contribution in [2.24, 2.45) is 5.73 Å². The second kappa shape index (κ2) is 6.31. The van der Waals surface area contributed by atoms with Gasteiger partial charge in [0, 0.05) is 6.07 Å². The third-order valence-corrected chi connectivity index (χ3v) is 2.50. The second-order valence-electron chi connectivity index (χ2n) is 4.41. The Bertz CT molecular complexity index is 441. The van der Waals surface area contributed by atoms with Crippen molar-refractivity contribution in [2.75, 3.05) is 6.61 Å². The Morgan fingerprint density at radius 1 is 1.39 bits per heavy atom. The maximum Gasteiger partial charge on any atom is 0.167 e. The molecule has 1 atom stereocenters. The summed E-state index contributed by atoms with van der Waals surface area (Å²) in [6.07, 6.45) is 1.92. The molecule has 1 rings (SSSR count). The van der Waals surface area contributed by atoms with E-state index in [9.17, 15) is 8.78 Å². The lowest BCUT2D eigenvalue weighted by molar-refractivity contribution is 0.286. The van der Waals surface area contributed by atoms with Crippen LogP contribution in [0.1, 0.15) is 26.2 Å². The average Bonchev–Trinajstić information content (AvgIpc) is 2.31. The SMILES string of the molecule is CC(N)(C#N)CCCCOc1ccc(F)cc1F. The average molecular weight is 254 g/mol. The molecule has 0 amide bonds. The molecule has 0 aliphatic carbocycles. The van der Waals surface area contributed by atoms with Gasteiger partial charge in [0.05, 0.1) is 12.7 Å². The Morgan fingerprint density at radius 2 is 2.11 bits per heavy atom. The Hall–Kier alpha value is -1.67. The molecule has 0 aliphatic rings. The van der Waals surface area contributed by atoms with Gasteiger partial charge in [0.2, 0.25) is 0 Å². The Morgan fingerprint density at radius 3 is 2.72 bits per heavy atom. The lowest BCUT2D eigenvalue weighted by atomic mass is 9.98. The van der Waals surface area contributed by atoms with E-state index in [1.165, 1.54) is 6.07 Å². The minimum absolute atomic E-state index is 0.0344. The van der Waals surface area contributed by atoms with Crippen molar-refractivity contribution in [3.05, 3.63) is 29.8 Å². The van der Waals surface area contributed by atoms with Crippen LogP contribution in [0.3, 0.4) is 0 Å². The first kappa shape index (κ1) is 14.4. The fraction of sp³-hybridized carbons (Fsp3) is 0.462. The van der Waals surface area contributed by atoms with Crippen molar-refractivity contribution in [1.82, 2.24) is 0 Å². The fourth-order valence-electron chi connectivity index (χ4n) is 1.42. The molecule has 3 nitrogen and oxygen atoms in total. The van der Waals surface area contributed by atoms with Gasteiger partial charge < -0.3 is 10.5 Å². The topological polar surface area (TPSA) is 59.0 Å². The number of nitrogens with zero attached hydrogens (tertiary/aromatic N) is 1. The van der Waals surface area contributed by atoms with E-state index in [0.29, 0.717) is 25.9 Å². The molecule has 2 N–H and O–H groups in total. The molecule has 1 aromatic carbocycles. The van der Waals surface area contributed by atoms with Crippen molar-refractivity contribution in [1.29, 1.82) is 5.26 Å². The molecule has 0 fully saturated rings. The summed E-state index contributed by atoms with van der Waals surface area (Å²) in [7, 11) is 0. The lowest BCUT2D eigenvalue weighted by Crippen LogP contribution is -2.33. The molecular weight excluding hydrogens is 238 g/mol. The molecule has 0 spiro atoms. The number of hydrogen-bond acceptors (Lipinski definition) is 3. The van der Waals surface area contributed by atoms with Crippen LogP contribution >= 0.6 is 0 Å². The van der Waals surface area contributed by atoms with E-state index >= 15 is 0 Å². The van der Waals surface area contributed by atoms with Gasteiger partial charge in [0.15, 0.2) is 11.6 Å². The summed E-state index contributed by atoms with van der Waals surface area (Å²) in [5, 5.41) is 8.70. The van der Waals surface area contributed by atoms with E-state index in [1.807, 2.05) is 6.07 Å². The summed E-state index contributed by atoms with van der Waals surface area (Å²) >= 11 is 0. The van der Waals surface area contributed by atoms with Crippen LogP contribution in [0.4, 0.5) is 8.78 Å². The normalized spacial score (nSPS) is 13.7. The quantitative estimate of drug-likeness (QED) is 0.794. The zero-order valence-electron chi connectivity index (χ0n) is 10.2. The number of halogens is 2. The molecule has 1 unspecified atom stereocenters. The molecule has 0 saturated carbocycles. The molecule has 0 heterocycles. The maximum absolute atomic E-state index is 13.2. The molecule has 5 heteroatoms. The van der Waals surface area contributed by atoms with Crippen LogP contribution in [0.5, 0.6) is 5.75 Å². The van der Waals surface area contributed by atoms with Gasteiger partial charge in [0.1, 0.15) is 11.4 Å². The highest BCUT2D eigenvalue weighted by Gasteiger charge is 2.15. The van der Waals surface area contributed by atoms with Crippen molar-refractivity contribution in [2.45, 2.75) is 31.7 Å². The van der Waals surface area contributed by atoms with E-state index in [0.717, 1.165) is 12.1 Å². The Kier molecular flexibility index (Phi) is 5.05. The third kappa shape index (κ3) is 4.68. The minimum Gasteiger partial charge on any atom is -0.491 e. The molecule has 98 valence electrons. The van der Waals surface area contributed by atoms with E-state index < -0.39 is 17.2 Å². The summed E-state index contributed by atoms with van der Waals surface area (Å²) in [5.74, 6) is -1.31. The number of rotatable bonds is 6. The standard InChI is InChI=1S/C13H16F2N2O/c1-13(17,9-16)6-2-3-7-18-12-5-4-10(14)8-11(12)15/h4-5,8H,2-3,6-7,17H2,1H3. The molecule has 0 aliphatic heterocycles. The van der Waals surface area contributed by atoms with Crippen LogP contribution in [0.2, 0.25) is 0 Å². The van der Waals surface area contributed by atoms with Crippen LogP contribution in [0.25, 0.3) is 0 Å². The van der Waals surface area contributed by atoms with Crippen LogP contribution in [0, 0.1) is 23.0 Å². The monoisotopic (exact) mass is 254 g/mol. The maximum atomic E-state index is 13.2. The zero-order valence-corrected chi connectivity index (χ0v) is 10.2. The molecule has 0 radical (unpaired) electrons. The minimum atomic E-state index is -0.832. The molecule has 0 bridgehead atoms. The van der Waals surface area contributed by atoms with Crippen molar-refractivity contribution < 1.29 is 13.5 Å². The largest absolute Gasteiger partial charge is 0.491 e. The number of benzene rings is 1. The van der Waals surface area contributed by atoms with Crippen molar-refractivity contribution in [3.8, 4) is 11.8 Å². The summed E-state index contributed by atoms with van der Waals surface area (Å²) in [6.45, 7) is 1.97. The third-order valence-electron chi connectivity index (χ3n) is 2.50. The van der Waals surface area contributed by atoms with Crippen LogP contribution in [-0.2, 0) is 0 Å². The predicted octanol–water partition coefficient (Wildman–Crippen LogP) is 2.75. The van der Waals surface area contributed by atoms with Crippen molar-refractivity contribution >= 4 is 0 Å². The number of nitriles is 1. The van der Waals surface area contributed by atoms with Gasteiger partial charge in [-0.3, -0.25) is 0 Å². The number of nitrogens with two attached hydrogens (primary N) is 1. The van der Waals surface area contributed by atoms with Crippen LogP contribution in [0.15, 0.2) is 18.2 Å². The highest BCUT2D eigenvalue weighted by molar-refractivity contribution is 5.24. The van der Waals surface area contributed by atoms with Crippen LogP contribution < -0.4 is 10.5 Å². The number of ether oxygens (including phenoxy) is 1. The van der Waals surface area contributed by atoms with Gasteiger partial charge in [0.25, 0.3) is 0 Å². The van der Waals surface area contributed by atoms with Crippen molar-refractivity contribution in [3.63, 3.8) is 0 Å². The molecule has 0 saturated heterocycles. The van der Waals surface area contributed by atoms with Gasteiger partial charge in [-0.2, -0.15) is 5.26 Å². The van der Waals surface area contributed by atoms with Gasteiger partial charge in [-0.25, -0.2) is 8.78 Å². The molecule has 18 heavy (non-hydrogen) atoms. The van der Waals surface area contributed by atoms with Crippen LogP contribution in [-0.4, -0.2) is 12.1 Å². The highest BCUT2D eigenvalue weighted by Crippen LogP contribution is 2.18. The smallest absolute Gasteiger partial charge is 0.167 e. The molecule has 0 aromatic heterocycles. The molecular formula is C13H16F2N2O. The Labute approximate surface area is 105 Å². The van der Waals surface area contributed by atoms with Gasteiger partial charge in [-0.1, -0.05) is 0 Å². The lowest BCUT2D eigenvalue weighted by Gasteiger charge is -2.14. The summed E-state index contributed by atoms with van der Waals surface area (Å²) in [5.41, 5.74) is 4.81. The second-order valence-corrected chi connectivity index (χ2v) is 4.41. The van der Waals surface area contributed by atoms with E-state index in [1.54, 1.807) is 6.92 Å². The van der Waals surface area contributed by atoms with Gasteiger partial charge >= 0.3 is 0 Å². The Balaban J connectivity index is 2.29. The van der Waals surface area contributed by atoms with E-state index in [-0.39, 0.29) is 5.75 Å². The van der Waals surface area contributed by atoms with E-state index in [2.05, 4.69) is 0 Å². The van der Waals surface area contributed by atoms with Gasteiger partial charge in [-0.15, -0.1) is 0 Å². The molecule has 1 aromatic rings. The van der Waals surface area contributed by atoms with E-state index in [4.69, 9.17) is 15.7 Å². The summed E-state index contributed by atoms with van der Waals surface area (Å²) in [6, 6.07) is 5.18. The summed E-state index contributed by atoms with van der Waals surface area (Å²) in [4.78, 5) is 0. The first-order valence-corrected chi connectivity index (χ1v) is 5.72. The first-order valence-electron chi connectivity index (χ1n) is 5.72. The first-order chi connectivity index (χ1) is 8.44. The predicted molar refractivity (Wildman–Crippen MR) is 63.9 cm³/mol.